The van der Waals surface area contributed by atoms with Crippen LogP contribution in [0.5, 0.6) is 0 Å². The summed E-state index contributed by atoms with van der Waals surface area (Å²) in [6.45, 7) is 4.38. The van der Waals surface area contributed by atoms with Gasteiger partial charge in [0.15, 0.2) is 0 Å². The first-order valence-corrected chi connectivity index (χ1v) is 8.87. The third-order valence-corrected chi connectivity index (χ3v) is 4.26. The molecule has 0 bridgehead atoms. The number of aromatic nitrogens is 2. The van der Waals surface area contributed by atoms with Crippen molar-refractivity contribution in [2.45, 2.75) is 39.5 Å². The van der Waals surface area contributed by atoms with Crippen molar-refractivity contribution in [1.82, 2.24) is 15.5 Å². The van der Waals surface area contributed by atoms with Gasteiger partial charge in [-0.15, -0.1) is 10.2 Å². The molecule has 0 aliphatic rings. The highest BCUT2D eigenvalue weighted by Crippen LogP contribution is 2.26. The Morgan fingerprint density at radius 3 is 2.75 bits per heavy atom. The fraction of sp³-hybridized carbons (Fsp3) is 0.412. The largest absolute Gasteiger partial charge is 0.356 e. The number of aryl methyl sites for hydroxylation is 1. The zero-order chi connectivity index (χ0) is 17.4. The molecule has 128 valence electrons. The van der Waals surface area contributed by atoms with Crippen molar-refractivity contribution < 1.29 is 9.59 Å². The average molecular weight is 346 g/mol. The van der Waals surface area contributed by atoms with Crippen LogP contribution in [0.1, 0.15) is 38.2 Å². The van der Waals surface area contributed by atoms with Crippen LogP contribution in [0.4, 0.5) is 5.13 Å². The van der Waals surface area contributed by atoms with E-state index in [0.717, 1.165) is 29.0 Å². The lowest BCUT2D eigenvalue weighted by Gasteiger charge is -2.04. The monoisotopic (exact) mass is 346 g/mol. The zero-order valence-electron chi connectivity index (χ0n) is 14.0. The van der Waals surface area contributed by atoms with Crippen LogP contribution in [0.25, 0.3) is 10.6 Å². The van der Waals surface area contributed by atoms with Crippen molar-refractivity contribution in [3.8, 4) is 10.6 Å². The highest BCUT2D eigenvalue weighted by molar-refractivity contribution is 7.18. The lowest BCUT2D eigenvalue weighted by atomic mass is 10.1. The van der Waals surface area contributed by atoms with E-state index in [1.54, 1.807) is 0 Å². The summed E-state index contributed by atoms with van der Waals surface area (Å²) < 4.78 is 0. The van der Waals surface area contributed by atoms with Gasteiger partial charge in [-0.25, -0.2) is 0 Å². The topological polar surface area (TPSA) is 84.0 Å². The van der Waals surface area contributed by atoms with Crippen LogP contribution < -0.4 is 10.6 Å². The van der Waals surface area contributed by atoms with Gasteiger partial charge >= 0.3 is 0 Å². The van der Waals surface area contributed by atoms with Crippen LogP contribution in [0.3, 0.4) is 0 Å². The molecule has 24 heavy (non-hydrogen) atoms. The van der Waals surface area contributed by atoms with Gasteiger partial charge in [-0.2, -0.15) is 0 Å². The molecule has 0 saturated heterocycles. The van der Waals surface area contributed by atoms with Gasteiger partial charge in [-0.1, -0.05) is 48.4 Å². The Hall–Kier alpha value is -2.28. The lowest BCUT2D eigenvalue weighted by Crippen LogP contribution is -2.27. The summed E-state index contributed by atoms with van der Waals surface area (Å²) in [7, 11) is 0. The van der Waals surface area contributed by atoms with Gasteiger partial charge in [0.1, 0.15) is 5.01 Å². The highest BCUT2D eigenvalue weighted by Gasteiger charge is 2.10. The van der Waals surface area contributed by atoms with E-state index in [1.165, 1.54) is 11.3 Å². The molecule has 2 rings (SSSR count). The van der Waals surface area contributed by atoms with Crippen molar-refractivity contribution in [3.05, 3.63) is 29.8 Å². The van der Waals surface area contributed by atoms with E-state index in [4.69, 9.17) is 0 Å². The summed E-state index contributed by atoms with van der Waals surface area (Å²) in [6.07, 6.45) is 2.57. The van der Waals surface area contributed by atoms with Gasteiger partial charge in [0.25, 0.3) is 0 Å². The van der Waals surface area contributed by atoms with E-state index in [2.05, 4.69) is 20.8 Å². The number of hydrogen-bond donors (Lipinski definition) is 2. The van der Waals surface area contributed by atoms with E-state index in [9.17, 15) is 9.59 Å². The number of carbonyl (C=O) groups is 2. The fourth-order valence-electron chi connectivity index (χ4n) is 2.09. The lowest BCUT2D eigenvalue weighted by molar-refractivity contribution is -0.121. The molecule has 0 unspecified atom stereocenters. The predicted octanol–water partition coefficient (Wildman–Crippen LogP) is 3.15. The van der Waals surface area contributed by atoms with Crippen LogP contribution in [-0.2, 0) is 9.59 Å². The molecule has 6 nitrogen and oxygen atoms in total. The second-order valence-electron chi connectivity index (χ2n) is 5.53. The van der Waals surface area contributed by atoms with E-state index in [0.29, 0.717) is 18.1 Å². The molecule has 7 heteroatoms. The molecule has 2 amide bonds. The van der Waals surface area contributed by atoms with E-state index in [-0.39, 0.29) is 18.2 Å². The molecule has 0 aliphatic carbocycles. The summed E-state index contributed by atoms with van der Waals surface area (Å²) in [5.41, 5.74) is 2.13. The Bertz CT molecular complexity index is 699. The van der Waals surface area contributed by atoms with E-state index >= 15 is 0 Å². The Labute approximate surface area is 145 Å². The molecular formula is C17H22N4O2S. The van der Waals surface area contributed by atoms with Crippen molar-refractivity contribution in [3.63, 3.8) is 0 Å². The molecule has 0 spiro atoms. The summed E-state index contributed by atoms with van der Waals surface area (Å²) in [5, 5.41) is 14.8. The van der Waals surface area contributed by atoms with Crippen LogP contribution >= 0.6 is 11.3 Å². The first-order chi connectivity index (χ1) is 11.6. The van der Waals surface area contributed by atoms with Gasteiger partial charge in [-0.05, 0) is 19.4 Å². The van der Waals surface area contributed by atoms with Gasteiger partial charge in [0, 0.05) is 24.9 Å². The normalized spacial score (nSPS) is 10.4. The maximum absolute atomic E-state index is 11.9. The van der Waals surface area contributed by atoms with Gasteiger partial charge in [-0.3, -0.25) is 9.59 Å². The Morgan fingerprint density at radius 2 is 2.00 bits per heavy atom. The molecule has 1 aromatic carbocycles. The molecule has 0 saturated carbocycles. The van der Waals surface area contributed by atoms with Gasteiger partial charge in [0.05, 0.1) is 0 Å². The number of rotatable bonds is 8. The van der Waals surface area contributed by atoms with Gasteiger partial charge in [0.2, 0.25) is 16.9 Å². The van der Waals surface area contributed by atoms with E-state index < -0.39 is 0 Å². The molecule has 1 heterocycles. The zero-order valence-corrected chi connectivity index (χ0v) is 14.8. The maximum atomic E-state index is 11.9. The minimum Gasteiger partial charge on any atom is -0.356 e. The summed E-state index contributed by atoms with van der Waals surface area (Å²) in [5.74, 6) is -0.194. The number of hydrogen-bond acceptors (Lipinski definition) is 5. The maximum Gasteiger partial charge on any atom is 0.227 e. The molecule has 2 aromatic rings. The highest BCUT2D eigenvalue weighted by atomic mass is 32.1. The molecule has 0 atom stereocenters. The predicted molar refractivity (Wildman–Crippen MR) is 95.9 cm³/mol. The number of nitrogens with zero attached hydrogens (tertiary/aromatic N) is 2. The summed E-state index contributed by atoms with van der Waals surface area (Å²) in [6, 6.07) is 7.97. The second kappa shape index (κ2) is 9.12. The molecular weight excluding hydrogens is 324 g/mol. The molecule has 0 radical (unpaired) electrons. The van der Waals surface area contributed by atoms with Crippen molar-refractivity contribution in [1.29, 1.82) is 0 Å². The molecule has 1 aromatic heterocycles. The SMILES string of the molecule is CCCCC(=O)NCCC(=O)Nc1nnc(-c2cccc(C)c2)s1. The van der Waals surface area contributed by atoms with Crippen LogP contribution in [0.2, 0.25) is 0 Å². The molecule has 0 aliphatic heterocycles. The summed E-state index contributed by atoms with van der Waals surface area (Å²) in [4.78, 5) is 23.4. The number of carbonyl (C=O) groups excluding carboxylic acids is 2. The Morgan fingerprint density at radius 1 is 1.17 bits per heavy atom. The number of unbranched alkanes of at least 4 members (excludes halogenated alkanes) is 1. The molecule has 0 fully saturated rings. The van der Waals surface area contributed by atoms with Crippen LogP contribution in [0.15, 0.2) is 24.3 Å². The third-order valence-electron chi connectivity index (χ3n) is 3.37. The Balaban J connectivity index is 1.79. The van der Waals surface area contributed by atoms with Crippen molar-refractivity contribution >= 4 is 28.3 Å². The molecule has 2 N–H and O–H groups in total. The number of anilines is 1. The number of nitrogens with one attached hydrogen (secondary N) is 2. The average Bonchev–Trinajstić information content (AvgIpc) is 3.01. The van der Waals surface area contributed by atoms with Crippen LogP contribution in [-0.4, -0.2) is 28.6 Å². The minimum absolute atomic E-state index is 0.0118. The van der Waals surface area contributed by atoms with Crippen molar-refractivity contribution in [2.24, 2.45) is 0 Å². The minimum atomic E-state index is -0.183. The van der Waals surface area contributed by atoms with Crippen molar-refractivity contribution in [2.75, 3.05) is 11.9 Å². The third kappa shape index (κ3) is 5.73. The second-order valence-corrected chi connectivity index (χ2v) is 6.51. The Kier molecular flexibility index (Phi) is 6.87. The van der Waals surface area contributed by atoms with Gasteiger partial charge < -0.3 is 10.6 Å². The first-order valence-electron chi connectivity index (χ1n) is 8.05. The standard InChI is InChI=1S/C17H22N4O2S/c1-3-4-8-14(22)18-10-9-15(23)19-17-21-20-16(24-17)13-7-5-6-12(2)11-13/h5-7,11H,3-4,8-10H2,1-2H3,(H,18,22)(H,19,21,23). The smallest absolute Gasteiger partial charge is 0.227 e. The summed E-state index contributed by atoms with van der Waals surface area (Å²) >= 11 is 1.33. The van der Waals surface area contributed by atoms with Crippen LogP contribution in [0, 0.1) is 6.92 Å². The fourth-order valence-corrected chi connectivity index (χ4v) is 2.85. The quantitative estimate of drug-likeness (QED) is 0.769. The number of benzene rings is 1. The van der Waals surface area contributed by atoms with E-state index in [1.807, 2.05) is 38.1 Å². The number of amides is 2. The first kappa shape index (κ1) is 18.1.